The van der Waals surface area contributed by atoms with Crippen LogP contribution in [-0.2, 0) is 6.42 Å². The predicted octanol–water partition coefficient (Wildman–Crippen LogP) is 5.39. The molecule has 0 aliphatic rings. The zero-order valence-corrected chi connectivity index (χ0v) is 12.2. The van der Waals surface area contributed by atoms with Crippen molar-refractivity contribution in [1.82, 2.24) is 0 Å². The summed E-state index contributed by atoms with van der Waals surface area (Å²) < 4.78 is 0. The van der Waals surface area contributed by atoms with Crippen LogP contribution in [0.4, 0.5) is 5.69 Å². The van der Waals surface area contributed by atoms with Gasteiger partial charge in [-0.1, -0.05) is 69.5 Å². The van der Waals surface area contributed by atoms with Gasteiger partial charge in [-0.3, -0.25) is 0 Å². The molecule has 0 unspecified atom stereocenters. The van der Waals surface area contributed by atoms with E-state index in [4.69, 9.17) is 0 Å². The minimum absolute atomic E-state index is 1.08. The molecular formula is C18H25N. The Labute approximate surface area is 117 Å². The number of aryl methyl sites for hydroxylation is 1. The number of rotatable bonds is 7. The summed E-state index contributed by atoms with van der Waals surface area (Å²) in [5.41, 5.74) is 2.77. The molecule has 2 rings (SSSR count). The predicted molar refractivity (Wildman–Crippen MR) is 86.0 cm³/mol. The second-order valence-corrected chi connectivity index (χ2v) is 5.16. The molecule has 102 valence electrons. The second kappa shape index (κ2) is 7.18. The molecule has 2 aromatic carbocycles. The monoisotopic (exact) mass is 255 g/mol. The first-order valence-electron chi connectivity index (χ1n) is 7.61. The average molecular weight is 255 g/mol. The lowest BCUT2D eigenvalue weighted by atomic mass is 10.0. The third-order valence-electron chi connectivity index (χ3n) is 3.73. The van der Waals surface area contributed by atoms with Gasteiger partial charge in [0.05, 0.1) is 0 Å². The Morgan fingerprint density at radius 3 is 2.53 bits per heavy atom. The van der Waals surface area contributed by atoms with Crippen molar-refractivity contribution in [2.75, 3.05) is 11.9 Å². The quantitative estimate of drug-likeness (QED) is 0.654. The van der Waals surface area contributed by atoms with Crippen molar-refractivity contribution >= 4 is 16.5 Å². The first-order chi connectivity index (χ1) is 9.36. The van der Waals surface area contributed by atoms with Crippen molar-refractivity contribution in [3.05, 3.63) is 42.0 Å². The van der Waals surface area contributed by atoms with Crippen molar-refractivity contribution in [3.63, 3.8) is 0 Å². The second-order valence-electron chi connectivity index (χ2n) is 5.16. The van der Waals surface area contributed by atoms with E-state index in [9.17, 15) is 0 Å². The molecule has 1 nitrogen and oxygen atoms in total. The highest BCUT2D eigenvalue weighted by molar-refractivity contribution is 5.95. The van der Waals surface area contributed by atoms with Gasteiger partial charge in [0.2, 0.25) is 0 Å². The maximum Gasteiger partial charge on any atom is 0.0452 e. The summed E-state index contributed by atoms with van der Waals surface area (Å²) in [6.45, 7) is 5.57. The van der Waals surface area contributed by atoms with Crippen molar-refractivity contribution in [2.24, 2.45) is 0 Å². The largest absolute Gasteiger partial charge is 0.384 e. The van der Waals surface area contributed by atoms with Crippen LogP contribution in [0.5, 0.6) is 0 Å². The molecule has 0 aliphatic carbocycles. The summed E-state index contributed by atoms with van der Waals surface area (Å²) in [5, 5.41) is 6.35. The molecule has 0 spiro atoms. The summed E-state index contributed by atoms with van der Waals surface area (Å²) >= 11 is 0. The van der Waals surface area contributed by atoms with Gasteiger partial charge < -0.3 is 5.32 Å². The first kappa shape index (κ1) is 13.9. The maximum absolute atomic E-state index is 3.67. The third-order valence-corrected chi connectivity index (χ3v) is 3.73. The number of hydrogen-bond donors (Lipinski definition) is 1. The minimum atomic E-state index is 1.08. The van der Waals surface area contributed by atoms with Crippen molar-refractivity contribution in [3.8, 4) is 0 Å². The molecule has 2 aromatic rings. The summed E-state index contributed by atoms with van der Waals surface area (Å²) in [6.07, 6.45) is 6.32. The van der Waals surface area contributed by atoms with Gasteiger partial charge in [0.1, 0.15) is 0 Å². The molecule has 0 bridgehead atoms. The van der Waals surface area contributed by atoms with E-state index in [1.807, 2.05) is 0 Å². The van der Waals surface area contributed by atoms with Gasteiger partial charge in [0.15, 0.2) is 0 Å². The van der Waals surface area contributed by atoms with Crippen LogP contribution in [0.15, 0.2) is 36.4 Å². The number of anilines is 1. The third kappa shape index (κ3) is 3.50. The molecule has 0 amide bonds. The average Bonchev–Trinajstić information content (AvgIpc) is 2.47. The van der Waals surface area contributed by atoms with Crippen LogP contribution >= 0.6 is 0 Å². The molecule has 1 heteroatoms. The maximum atomic E-state index is 3.67. The van der Waals surface area contributed by atoms with E-state index in [-0.39, 0.29) is 0 Å². The van der Waals surface area contributed by atoms with Crippen LogP contribution in [0, 0.1) is 0 Å². The SMILES string of the molecule is CCCCCCNc1c(CC)ccc2ccccc12. The molecule has 0 fully saturated rings. The summed E-state index contributed by atoms with van der Waals surface area (Å²) in [4.78, 5) is 0. The zero-order valence-electron chi connectivity index (χ0n) is 12.2. The molecule has 0 aliphatic heterocycles. The molecule has 0 aromatic heterocycles. The van der Waals surface area contributed by atoms with Crippen LogP contribution in [0.25, 0.3) is 10.8 Å². The summed E-state index contributed by atoms with van der Waals surface area (Å²) in [5.74, 6) is 0. The first-order valence-corrected chi connectivity index (χ1v) is 7.61. The van der Waals surface area contributed by atoms with Crippen molar-refractivity contribution in [1.29, 1.82) is 0 Å². The standard InChI is InChI=1S/C18H25N/c1-3-5-6-9-14-19-18-15(4-2)12-13-16-10-7-8-11-17(16)18/h7-8,10-13,19H,3-6,9,14H2,1-2H3. The van der Waals surface area contributed by atoms with Gasteiger partial charge in [-0.05, 0) is 23.8 Å². The number of unbranched alkanes of at least 4 members (excludes halogenated alkanes) is 3. The number of benzene rings is 2. The highest BCUT2D eigenvalue weighted by Crippen LogP contribution is 2.28. The van der Waals surface area contributed by atoms with Crippen LogP contribution < -0.4 is 5.32 Å². The molecular weight excluding hydrogens is 230 g/mol. The number of nitrogens with one attached hydrogen (secondary N) is 1. The van der Waals surface area contributed by atoms with Gasteiger partial charge in [0, 0.05) is 17.6 Å². The van der Waals surface area contributed by atoms with Crippen molar-refractivity contribution in [2.45, 2.75) is 46.0 Å². The van der Waals surface area contributed by atoms with E-state index < -0.39 is 0 Å². The smallest absolute Gasteiger partial charge is 0.0452 e. The Balaban J connectivity index is 2.14. The van der Waals surface area contributed by atoms with E-state index in [0.717, 1.165) is 13.0 Å². The highest BCUT2D eigenvalue weighted by Gasteiger charge is 2.05. The Hall–Kier alpha value is -1.50. The van der Waals surface area contributed by atoms with Gasteiger partial charge in [0.25, 0.3) is 0 Å². The number of hydrogen-bond acceptors (Lipinski definition) is 1. The lowest BCUT2D eigenvalue weighted by Crippen LogP contribution is -2.04. The van der Waals surface area contributed by atoms with Crippen LogP contribution in [0.1, 0.15) is 45.1 Å². The topological polar surface area (TPSA) is 12.0 Å². The minimum Gasteiger partial charge on any atom is -0.384 e. The van der Waals surface area contributed by atoms with Crippen LogP contribution in [-0.4, -0.2) is 6.54 Å². The van der Waals surface area contributed by atoms with Gasteiger partial charge in [-0.2, -0.15) is 0 Å². The van der Waals surface area contributed by atoms with Gasteiger partial charge in [-0.25, -0.2) is 0 Å². The summed E-state index contributed by atoms with van der Waals surface area (Å²) in [7, 11) is 0. The van der Waals surface area contributed by atoms with Crippen LogP contribution in [0.2, 0.25) is 0 Å². The fraction of sp³-hybridized carbons (Fsp3) is 0.444. The zero-order chi connectivity index (χ0) is 13.5. The Bertz CT molecular complexity index is 516. The lowest BCUT2D eigenvalue weighted by Gasteiger charge is -2.14. The number of fused-ring (bicyclic) bond motifs is 1. The molecule has 0 heterocycles. The van der Waals surface area contributed by atoms with E-state index in [2.05, 4.69) is 55.6 Å². The molecule has 0 atom stereocenters. The Morgan fingerprint density at radius 2 is 1.74 bits per heavy atom. The molecule has 0 saturated carbocycles. The molecule has 0 radical (unpaired) electrons. The van der Waals surface area contributed by atoms with E-state index in [1.165, 1.54) is 47.7 Å². The Kier molecular flexibility index (Phi) is 5.26. The Morgan fingerprint density at radius 1 is 0.895 bits per heavy atom. The molecule has 1 N–H and O–H groups in total. The highest BCUT2D eigenvalue weighted by atomic mass is 14.9. The molecule has 19 heavy (non-hydrogen) atoms. The van der Waals surface area contributed by atoms with Gasteiger partial charge >= 0.3 is 0 Å². The van der Waals surface area contributed by atoms with E-state index in [1.54, 1.807) is 0 Å². The van der Waals surface area contributed by atoms with Gasteiger partial charge in [-0.15, -0.1) is 0 Å². The summed E-state index contributed by atoms with van der Waals surface area (Å²) in [6, 6.07) is 13.1. The lowest BCUT2D eigenvalue weighted by molar-refractivity contribution is 0.685. The fourth-order valence-corrected chi connectivity index (χ4v) is 2.59. The van der Waals surface area contributed by atoms with Crippen LogP contribution in [0.3, 0.4) is 0 Å². The molecule has 0 saturated heterocycles. The van der Waals surface area contributed by atoms with Crippen molar-refractivity contribution < 1.29 is 0 Å². The normalized spacial score (nSPS) is 10.8. The van der Waals surface area contributed by atoms with E-state index in [0.29, 0.717) is 0 Å². The fourth-order valence-electron chi connectivity index (χ4n) is 2.59. The van der Waals surface area contributed by atoms with E-state index >= 15 is 0 Å².